The lowest BCUT2D eigenvalue weighted by Crippen LogP contribution is -2.60. The number of esters is 1. The van der Waals surface area contributed by atoms with E-state index in [1.54, 1.807) is 0 Å². The molecule has 2 rings (SSSR count). The van der Waals surface area contributed by atoms with E-state index < -0.39 is 0 Å². The highest BCUT2D eigenvalue weighted by Gasteiger charge is 2.46. The first-order valence-corrected chi connectivity index (χ1v) is 7.22. The zero-order valence-corrected chi connectivity index (χ0v) is 11.0. The summed E-state index contributed by atoms with van der Waals surface area (Å²) in [4.78, 5) is 12.0. The van der Waals surface area contributed by atoms with E-state index >= 15 is 0 Å². The van der Waals surface area contributed by atoms with Gasteiger partial charge in [-0.3, -0.25) is 10.1 Å². The normalized spacial score (nSPS) is 24.8. The van der Waals surface area contributed by atoms with Gasteiger partial charge in [-0.15, -0.1) is 0 Å². The molecular weight excluding hydrogens is 214 g/mol. The van der Waals surface area contributed by atoms with Crippen LogP contribution in [0.2, 0.25) is 0 Å². The molecule has 0 aromatic carbocycles. The Labute approximate surface area is 104 Å². The van der Waals surface area contributed by atoms with Crippen molar-refractivity contribution in [1.29, 1.82) is 0 Å². The third-order valence-electron chi connectivity index (χ3n) is 4.21. The van der Waals surface area contributed by atoms with Crippen molar-refractivity contribution < 1.29 is 9.53 Å². The topological polar surface area (TPSA) is 38.3 Å². The predicted molar refractivity (Wildman–Crippen MR) is 67.8 cm³/mol. The van der Waals surface area contributed by atoms with Crippen LogP contribution in [0, 0.1) is 0 Å². The molecule has 2 aliphatic carbocycles. The average molecular weight is 239 g/mol. The van der Waals surface area contributed by atoms with E-state index in [9.17, 15) is 4.79 Å². The Balaban J connectivity index is 1.91. The molecule has 0 unspecified atom stereocenters. The molecule has 0 aromatic heterocycles. The number of carbonyl (C=O) groups is 1. The summed E-state index contributed by atoms with van der Waals surface area (Å²) < 4.78 is 5.22. The monoisotopic (exact) mass is 239 g/mol. The molecule has 0 bridgehead atoms. The molecule has 0 radical (unpaired) electrons. The summed E-state index contributed by atoms with van der Waals surface area (Å²) in [7, 11) is 0. The highest BCUT2D eigenvalue weighted by atomic mass is 16.5. The fourth-order valence-electron chi connectivity index (χ4n) is 3.02. The maximum atomic E-state index is 12.0. The van der Waals surface area contributed by atoms with Gasteiger partial charge >= 0.3 is 5.97 Å². The second-order valence-electron chi connectivity index (χ2n) is 5.49. The summed E-state index contributed by atoms with van der Waals surface area (Å²) in [6.07, 6.45) is 10.8. The van der Waals surface area contributed by atoms with Crippen LogP contribution < -0.4 is 5.32 Å². The summed E-state index contributed by atoms with van der Waals surface area (Å²) in [5, 5.41) is 3.62. The molecule has 0 aliphatic heterocycles. The largest absolute Gasteiger partial charge is 0.465 e. The van der Waals surface area contributed by atoms with Gasteiger partial charge in [0.15, 0.2) is 0 Å². The van der Waals surface area contributed by atoms with Crippen LogP contribution in [0.5, 0.6) is 0 Å². The maximum absolute atomic E-state index is 12.0. The lowest BCUT2D eigenvalue weighted by atomic mass is 9.76. The number of hydrogen-bond acceptors (Lipinski definition) is 3. The molecule has 2 saturated carbocycles. The molecule has 0 spiro atoms. The SMILES string of the molecule is CCOC(=O)C1(NC2CCCCCC2)CCC1. The van der Waals surface area contributed by atoms with Gasteiger partial charge in [0, 0.05) is 6.04 Å². The second-order valence-corrected chi connectivity index (χ2v) is 5.49. The highest BCUT2D eigenvalue weighted by Crippen LogP contribution is 2.35. The van der Waals surface area contributed by atoms with Gasteiger partial charge in [0.25, 0.3) is 0 Å². The first-order chi connectivity index (χ1) is 8.27. The van der Waals surface area contributed by atoms with Crippen molar-refractivity contribution in [3.05, 3.63) is 0 Å². The molecule has 0 amide bonds. The van der Waals surface area contributed by atoms with Gasteiger partial charge in [-0.05, 0) is 39.0 Å². The summed E-state index contributed by atoms with van der Waals surface area (Å²) in [6.45, 7) is 2.38. The van der Waals surface area contributed by atoms with E-state index in [0.717, 1.165) is 19.3 Å². The Morgan fingerprint density at radius 1 is 1.18 bits per heavy atom. The molecule has 17 heavy (non-hydrogen) atoms. The van der Waals surface area contributed by atoms with Gasteiger partial charge in [0.05, 0.1) is 6.61 Å². The van der Waals surface area contributed by atoms with E-state index in [1.807, 2.05) is 6.92 Å². The minimum Gasteiger partial charge on any atom is -0.465 e. The van der Waals surface area contributed by atoms with Crippen LogP contribution in [0.1, 0.15) is 64.7 Å². The number of rotatable bonds is 4. The van der Waals surface area contributed by atoms with Crippen molar-refractivity contribution in [2.45, 2.75) is 76.3 Å². The molecule has 2 fully saturated rings. The van der Waals surface area contributed by atoms with Gasteiger partial charge in [0.2, 0.25) is 0 Å². The van der Waals surface area contributed by atoms with E-state index in [-0.39, 0.29) is 11.5 Å². The first-order valence-electron chi connectivity index (χ1n) is 7.22. The van der Waals surface area contributed by atoms with Crippen LogP contribution in [0.25, 0.3) is 0 Å². The van der Waals surface area contributed by atoms with Crippen LogP contribution in [0.3, 0.4) is 0 Å². The Morgan fingerprint density at radius 2 is 1.82 bits per heavy atom. The third-order valence-corrected chi connectivity index (χ3v) is 4.21. The quantitative estimate of drug-likeness (QED) is 0.605. The summed E-state index contributed by atoms with van der Waals surface area (Å²) in [5.74, 6) is -0.0181. The van der Waals surface area contributed by atoms with Gasteiger partial charge in [-0.25, -0.2) is 0 Å². The summed E-state index contributed by atoms with van der Waals surface area (Å²) in [6, 6.07) is 0.530. The van der Waals surface area contributed by atoms with Crippen molar-refractivity contribution in [2.75, 3.05) is 6.61 Å². The smallest absolute Gasteiger partial charge is 0.326 e. The Bertz CT molecular complexity index is 253. The van der Waals surface area contributed by atoms with Crippen molar-refractivity contribution in [2.24, 2.45) is 0 Å². The van der Waals surface area contributed by atoms with Crippen LogP contribution in [-0.2, 0) is 9.53 Å². The average Bonchev–Trinajstić information content (AvgIpc) is 2.52. The minimum absolute atomic E-state index is 0.0181. The van der Waals surface area contributed by atoms with Gasteiger partial charge in [-0.1, -0.05) is 25.7 Å². The summed E-state index contributed by atoms with van der Waals surface area (Å²) >= 11 is 0. The first kappa shape index (κ1) is 12.9. The fraction of sp³-hybridized carbons (Fsp3) is 0.929. The Hall–Kier alpha value is -0.570. The number of nitrogens with one attached hydrogen (secondary N) is 1. The van der Waals surface area contributed by atoms with Crippen molar-refractivity contribution in [3.63, 3.8) is 0 Å². The van der Waals surface area contributed by atoms with Crippen molar-refractivity contribution >= 4 is 5.97 Å². The zero-order chi connectivity index (χ0) is 12.1. The molecule has 2 aliphatic rings. The Kier molecular flexibility index (Phi) is 4.43. The molecular formula is C14H25NO2. The molecule has 98 valence electrons. The minimum atomic E-state index is -0.328. The van der Waals surface area contributed by atoms with Gasteiger partial charge in [-0.2, -0.15) is 0 Å². The van der Waals surface area contributed by atoms with Crippen molar-refractivity contribution in [1.82, 2.24) is 5.32 Å². The lowest BCUT2D eigenvalue weighted by Gasteiger charge is -2.42. The summed E-state index contributed by atoms with van der Waals surface area (Å²) in [5.41, 5.74) is -0.328. The molecule has 0 heterocycles. The Morgan fingerprint density at radius 3 is 2.29 bits per heavy atom. The molecule has 3 nitrogen and oxygen atoms in total. The van der Waals surface area contributed by atoms with Crippen molar-refractivity contribution in [3.8, 4) is 0 Å². The third kappa shape index (κ3) is 3.01. The molecule has 0 aromatic rings. The van der Waals surface area contributed by atoms with Crippen LogP contribution in [0.15, 0.2) is 0 Å². The van der Waals surface area contributed by atoms with Gasteiger partial charge < -0.3 is 4.74 Å². The second kappa shape index (κ2) is 5.85. The predicted octanol–water partition coefficient (Wildman–Crippen LogP) is 2.78. The van der Waals surface area contributed by atoms with Gasteiger partial charge in [0.1, 0.15) is 5.54 Å². The fourth-order valence-corrected chi connectivity index (χ4v) is 3.02. The molecule has 0 atom stereocenters. The van der Waals surface area contributed by atoms with Crippen LogP contribution in [0.4, 0.5) is 0 Å². The van der Waals surface area contributed by atoms with E-state index in [4.69, 9.17) is 4.74 Å². The standard InChI is InChI=1S/C14H25NO2/c1-2-17-13(16)14(10-7-11-14)15-12-8-5-3-4-6-9-12/h12,15H,2-11H2,1H3. The molecule has 0 saturated heterocycles. The van der Waals surface area contributed by atoms with Crippen LogP contribution in [-0.4, -0.2) is 24.2 Å². The zero-order valence-electron chi connectivity index (χ0n) is 11.0. The van der Waals surface area contributed by atoms with E-state index in [0.29, 0.717) is 12.6 Å². The maximum Gasteiger partial charge on any atom is 0.326 e. The van der Waals surface area contributed by atoms with Crippen LogP contribution >= 0.6 is 0 Å². The lowest BCUT2D eigenvalue weighted by molar-refractivity contribution is -0.155. The number of ether oxygens (including phenoxy) is 1. The number of hydrogen-bond donors (Lipinski definition) is 1. The number of carbonyl (C=O) groups excluding carboxylic acids is 1. The highest BCUT2D eigenvalue weighted by molar-refractivity contribution is 5.82. The van der Waals surface area contributed by atoms with E-state index in [2.05, 4.69) is 5.32 Å². The molecule has 3 heteroatoms. The van der Waals surface area contributed by atoms with E-state index in [1.165, 1.54) is 38.5 Å². The molecule has 1 N–H and O–H groups in total.